The van der Waals surface area contributed by atoms with Crippen LogP contribution in [0.5, 0.6) is 0 Å². The topological polar surface area (TPSA) is 84.2 Å². The lowest BCUT2D eigenvalue weighted by molar-refractivity contribution is 0.467. The summed E-state index contributed by atoms with van der Waals surface area (Å²) in [5.41, 5.74) is 5.87. The molecule has 0 amide bonds. The van der Waals surface area contributed by atoms with Crippen molar-refractivity contribution in [2.24, 2.45) is 11.7 Å². The monoisotopic (exact) mass is 233 g/mol. The normalized spacial score (nSPS) is 32.1. The van der Waals surface area contributed by atoms with Gasteiger partial charge in [-0.3, -0.25) is 0 Å². The Morgan fingerprint density at radius 3 is 2.47 bits per heavy atom. The molecular weight excluding hydrogens is 214 g/mol. The third-order valence-electron chi connectivity index (χ3n) is 3.15. The highest BCUT2D eigenvalue weighted by atomic mass is 32.2. The fraction of sp³-hybridized carbons (Fsp3) is 1.00. The minimum Gasteiger partial charge on any atom is -0.327 e. The summed E-state index contributed by atoms with van der Waals surface area (Å²) in [6.45, 7) is 0.475. The van der Waals surface area contributed by atoms with Gasteiger partial charge in [-0.25, -0.2) is 4.72 Å². The van der Waals surface area contributed by atoms with E-state index in [0.717, 1.165) is 32.1 Å². The first-order valence-electron chi connectivity index (χ1n) is 5.59. The molecule has 5 nitrogen and oxygen atoms in total. The number of nitrogens with two attached hydrogens (primary N) is 1. The second-order valence-electron chi connectivity index (χ2n) is 4.60. The van der Waals surface area contributed by atoms with Crippen molar-refractivity contribution in [2.45, 2.75) is 44.2 Å². The van der Waals surface area contributed by atoms with Crippen LogP contribution in [0.2, 0.25) is 0 Å². The fourth-order valence-electron chi connectivity index (χ4n) is 2.00. The maximum Gasteiger partial charge on any atom is 0.277 e. The van der Waals surface area contributed by atoms with Crippen LogP contribution in [0.1, 0.15) is 32.1 Å². The lowest BCUT2D eigenvalue weighted by Crippen LogP contribution is -2.42. The molecule has 0 spiro atoms. The van der Waals surface area contributed by atoms with E-state index < -0.39 is 10.2 Å². The zero-order chi connectivity index (χ0) is 10.9. The van der Waals surface area contributed by atoms with Crippen LogP contribution in [-0.4, -0.2) is 27.0 Å². The highest BCUT2D eigenvalue weighted by Gasteiger charge is 2.29. The Kier molecular flexibility index (Phi) is 3.30. The van der Waals surface area contributed by atoms with Gasteiger partial charge in [0.2, 0.25) is 0 Å². The molecule has 2 saturated carbocycles. The van der Waals surface area contributed by atoms with Crippen LogP contribution in [0.25, 0.3) is 0 Å². The largest absolute Gasteiger partial charge is 0.327 e. The number of hydrogen-bond acceptors (Lipinski definition) is 3. The van der Waals surface area contributed by atoms with E-state index in [1.807, 2.05) is 0 Å². The van der Waals surface area contributed by atoms with Crippen molar-refractivity contribution in [2.75, 3.05) is 6.54 Å². The van der Waals surface area contributed by atoms with Crippen molar-refractivity contribution in [3.05, 3.63) is 0 Å². The van der Waals surface area contributed by atoms with Gasteiger partial charge in [-0.05, 0) is 31.6 Å². The molecule has 0 radical (unpaired) electrons. The van der Waals surface area contributed by atoms with E-state index in [4.69, 9.17) is 5.73 Å². The van der Waals surface area contributed by atoms with Crippen LogP contribution in [0, 0.1) is 5.92 Å². The van der Waals surface area contributed by atoms with Gasteiger partial charge < -0.3 is 5.73 Å². The van der Waals surface area contributed by atoms with Gasteiger partial charge in [-0.15, -0.1) is 0 Å². The van der Waals surface area contributed by atoms with Crippen molar-refractivity contribution < 1.29 is 8.42 Å². The summed E-state index contributed by atoms with van der Waals surface area (Å²) < 4.78 is 28.1. The molecule has 15 heavy (non-hydrogen) atoms. The van der Waals surface area contributed by atoms with Crippen LogP contribution in [0.3, 0.4) is 0 Å². The highest BCUT2D eigenvalue weighted by Crippen LogP contribution is 2.23. The lowest BCUT2D eigenvalue weighted by atomic mass is 10.1. The molecule has 0 saturated heterocycles. The van der Waals surface area contributed by atoms with Gasteiger partial charge in [0.05, 0.1) is 0 Å². The Hall–Kier alpha value is -0.170. The third kappa shape index (κ3) is 3.41. The first-order chi connectivity index (χ1) is 7.07. The smallest absolute Gasteiger partial charge is 0.277 e. The molecule has 0 bridgehead atoms. The minimum atomic E-state index is -3.28. The molecule has 4 N–H and O–H groups in total. The molecule has 0 aromatic carbocycles. The summed E-state index contributed by atoms with van der Waals surface area (Å²) >= 11 is 0. The average molecular weight is 233 g/mol. The maximum atomic E-state index is 11.5. The average Bonchev–Trinajstić information content (AvgIpc) is 2.84. The summed E-state index contributed by atoms with van der Waals surface area (Å²) in [6, 6.07) is 0.327. The van der Waals surface area contributed by atoms with Gasteiger partial charge in [0, 0.05) is 18.6 Å². The van der Waals surface area contributed by atoms with Crippen molar-refractivity contribution in [3.8, 4) is 0 Å². The van der Waals surface area contributed by atoms with E-state index in [-0.39, 0.29) is 12.1 Å². The first kappa shape index (κ1) is 11.3. The van der Waals surface area contributed by atoms with Crippen LogP contribution >= 0.6 is 0 Å². The molecule has 0 heterocycles. The van der Waals surface area contributed by atoms with Gasteiger partial charge >= 0.3 is 0 Å². The molecule has 0 aromatic heterocycles. The molecule has 2 aliphatic rings. The minimum absolute atomic E-state index is 0.161. The zero-order valence-corrected chi connectivity index (χ0v) is 9.59. The predicted molar refractivity (Wildman–Crippen MR) is 58.4 cm³/mol. The van der Waals surface area contributed by atoms with E-state index in [1.54, 1.807) is 0 Å². The van der Waals surface area contributed by atoms with Crippen LogP contribution in [-0.2, 0) is 10.2 Å². The van der Waals surface area contributed by atoms with Crippen molar-refractivity contribution >= 4 is 10.2 Å². The molecule has 2 aliphatic carbocycles. The molecule has 2 atom stereocenters. The molecule has 2 rings (SSSR count). The highest BCUT2D eigenvalue weighted by molar-refractivity contribution is 7.87. The standard InChI is InChI=1S/C9H19N3O2S/c10-9-3-1-2-7(9)6-11-15(13,14)12-8-4-5-8/h7-9,11-12H,1-6,10H2. The summed E-state index contributed by atoms with van der Waals surface area (Å²) in [7, 11) is -3.28. The maximum absolute atomic E-state index is 11.5. The molecule has 6 heteroatoms. The second kappa shape index (κ2) is 4.37. The zero-order valence-electron chi connectivity index (χ0n) is 8.78. The second-order valence-corrected chi connectivity index (χ2v) is 6.13. The van der Waals surface area contributed by atoms with Gasteiger partial charge in [0.1, 0.15) is 0 Å². The SMILES string of the molecule is NC1CCCC1CNS(=O)(=O)NC1CC1. The summed E-state index contributed by atoms with van der Waals surface area (Å²) in [6.07, 6.45) is 5.09. The van der Waals surface area contributed by atoms with E-state index in [9.17, 15) is 8.42 Å². The quantitative estimate of drug-likeness (QED) is 0.609. The Bertz CT molecular complexity index is 313. The first-order valence-corrected chi connectivity index (χ1v) is 7.07. The lowest BCUT2D eigenvalue weighted by Gasteiger charge is -2.16. The summed E-state index contributed by atoms with van der Waals surface area (Å²) in [5, 5.41) is 0. The number of rotatable bonds is 5. The summed E-state index contributed by atoms with van der Waals surface area (Å²) in [4.78, 5) is 0. The van der Waals surface area contributed by atoms with Crippen LogP contribution in [0.4, 0.5) is 0 Å². The number of hydrogen-bond donors (Lipinski definition) is 3. The van der Waals surface area contributed by atoms with Crippen molar-refractivity contribution in [1.82, 2.24) is 9.44 Å². The van der Waals surface area contributed by atoms with Gasteiger partial charge in [0.15, 0.2) is 0 Å². The van der Waals surface area contributed by atoms with E-state index in [0.29, 0.717) is 12.5 Å². The van der Waals surface area contributed by atoms with Crippen LogP contribution < -0.4 is 15.2 Å². The van der Waals surface area contributed by atoms with Gasteiger partial charge in [-0.1, -0.05) is 6.42 Å². The van der Waals surface area contributed by atoms with E-state index in [1.165, 1.54) is 0 Å². The van der Waals surface area contributed by atoms with Gasteiger partial charge in [-0.2, -0.15) is 13.1 Å². The van der Waals surface area contributed by atoms with Crippen molar-refractivity contribution in [3.63, 3.8) is 0 Å². The molecule has 0 aromatic rings. The molecular formula is C9H19N3O2S. The summed E-state index contributed by atoms with van der Waals surface area (Å²) in [5.74, 6) is 0.306. The Labute approximate surface area is 91.0 Å². The molecule has 2 unspecified atom stereocenters. The Balaban J connectivity index is 1.76. The fourth-order valence-corrected chi connectivity index (χ4v) is 3.19. The molecule has 88 valence electrons. The predicted octanol–water partition coefficient (Wildman–Crippen LogP) is -0.300. The Morgan fingerprint density at radius 1 is 1.20 bits per heavy atom. The van der Waals surface area contributed by atoms with E-state index >= 15 is 0 Å². The molecule has 0 aliphatic heterocycles. The third-order valence-corrected chi connectivity index (χ3v) is 4.34. The van der Waals surface area contributed by atoms with Crippen LogP contribution in [0.15, 0.2) is 0 Å². The van der Waals surface area contributed by atoms with E-state index in [2.05, 4.69) is 9.44 Å². The van der Waals surface area contributed by atoms with Gasteiger partial charge in [0.25, 0.3) is 10.2 Å². The Morgan fingerprint density at radius 2 is 1.93 bits per heavy atom. The van der Waals surface area contributed by atoms with Crippen molar-refractivity contribution in [1.29, 1.82) is 0 Å². The number of nitrogens with one attached hydrogen (secondary N) is 2. The molecule has 2 fully saturated rings.